The Morgan fingerprint density at radius 3 is 2.06 bits per heavy atom. The van der Waals surface area contributed by atoms with E-state index in [0.717, 1.165) is 19.6 Å². The quantitative estimate of drug-likeness (QED) is 0.714. The number of hydrogen-bond donors (Lipinski definition) is 0. The number of rotatable bonds is 2. The highest BCUT2D eigenvalue weighted by Gasteiger charge is 2.42. The molecule has 0 amide bonds. The van der Waals surface area contributed by atoms with Crippen molar-refractivity contribution in [2.75, 3.05) is 13.2 Å². The Morgan fingerprint density at radius 1 is 1.00 bits per heavy atom. The summed E-state index contributed by atoms with van der Waals surface area (Å²) in [6.45, 7) is 8.54. The van der Waals surface area contributed by atoms with Crippen molar-refractivity contribution < 1.29 is 9.47 Å². The summed E-state index contributed by atoms with van der Waals surface area (Å²) in [5.74, 6) is 0. The van der Waals surface area contributed by atoms with Crippen LogP contribution in [0.2, 0.25) is 0 Å². The molecule has 1 aliphatic carbocycles. The molecule has 16 heavy (non-hydrogen) atoms. The van der Waals surface area contributed by atoms with E-state index >= 15 is 0 Å². The van der Waals surface area contributed by atoms with Gasteiger partial charge in [-0.2, -0.15) is 0 Å². The van der Waals surface area contributed by atoms with E-state index in [1.165, 1.54) is 32.1 Å². The molecule has 0 aromatic rings. The first-order chi connectivity index (χ1) is 7.58. The Kier molecular flexibility index (Phi) is 3.60. The van der Waals surface area contributed by atoms with Crippen LogP contribution in [-0.4, -0.2) is 19.5 Å². The molecule has 2 rings (SSSR count). The molecule has 0 unspecified atom stereocenters. The van der Waals surface area contributed by atoms with E-state index in [1.54, 1.807) is 0 Å². The van der Waals surface area contributed by atoms with Crippen LogP contribution < -0.4 is 0 Å². The summed E-state index contributed by atoms with van der Waals surface area (Å²) in [6, 6.07) is 0. The zero-order valence-electron chi connectivity index (χ0n) is 11.1. The van der Waals surface area contributed by atoms with E-state index in [-0.39, 0.29) is 17.1 Å². The Labute approximate surface area is 99.7 Å². The van der Waals surface area contributed by atoms with Crippen LogP contribution in [0, 0.1) is 10.8 Å². The predicted octanol–water partition coefficient (Wildman–Crippen LogP) is 3.75. The molecule has 1 saturated heterocycles. The Bertz CT molecular complexity index is 223. The molecule has 0 radical (unpaired) electrons. The maximum absolute atomic E-state index is 6.00. The number of ether oxygens (including phenoxy) is 2. The van der Waals surface area contributed by atoms with Crippen molar-refractivity contribution in [2.45, 2.75) is 65.6 Å². The molecule has 1 aliphatic heterocycles. The Balaban J connectivity index is 1.92. The average molecular weight is 226 g/mol. The van der Waals surface area contributed by atoms with Gasteiger partial charge in [0.15, 0.2) is 6.29 Å². The first kappa shape index (κ1) is 12.4. The van der Waals surface area contributed by atoms with Crippen LogP contribution in [0.25, 0.3) is 0 Å². The van der Waals surface area contributed by atoms with Gasteiger partial charge in [0.2, 0.25) is 0 Å². The van der Waals surface area contributed by atoms with Crippen molar-refractivity contribution in [3.05, 3.63) is 0 Å². The maximum atomic E-state index is 6.00. The zero-order valence-corrected chi connectivity index (χ0v) is 11.1. The molecule has 0 aromatic carbocycles. The SMILES string of the molecule is CCC1(C)COC(C2(C)CCCCC2)OC1. The standard InChI is InChI=1S/C14H26O2/c1-4-13(2)10-15-12(16-11-13)14(3)8-6-5-7-9-14/h12H,4-11H2,1-3H3. The fraction of sp³-hybridized carbons (Fsp3) is 1.00. The summed E-state index contributed by atoms with van der Waals surface area (Å²) in [4.78, 5) is 0. The summed E-state index contributed by atoms with van der Waals surface area (Å²) < 4.78 is 12.0. The van der Waals surface area contributed by atoms with Crippen molar-refractivity contribution in [2.24, 2.45) is 10.8 Å². The highest BCUT2D eigenvalue weighted by molar-refractivity contribution is 4.85. The second-order valence-corrected chi connectivity index (χ2v) is 6.33. The highest BCUT2D eigenvalue weighted by Crippen LogP contribution is 2.43. The second-order valence-electron chi connectivity index (χ2n) is 6.33. The van der Waals surface area contributed by atoms with Gasteiger partial charge >= 0.3 is 0 Å². The molecule has 2 nitrogen and oxygen atoms in total. The lowest BCUT2D eigenvalue weighted by atomic mass is 9.74. The largest absolute Gasteiger partial charge is 0.351 e. The average Bonchev–Trinajstić information content (AvgIpc) is 2.31. The minimum absolute atomic E-state index is 0.0485. The summed E-state index contributed by atoms with van der Waals surface area (Å²) in [6.07, 6.45) is 7.77. The molecule has 0 aromatic heterocycles. The van der Waals surface area contributed by atoms with Gasteiger partial charge < -0.3 is 9.47 Å². The molecular formula is C14H26O2. The summed E-state index contributed by atoms with van der Waals surface area (Å²) in [7, 11) is 0. The van der Waals surface area contributed by atoms with Crippen LogP contribution in [-0.2, 0) is 9.47 Å². The Hall–Kier alpha value is -0.0800. The summed E-state index contributed by atoms with van der Waals surface area (Å²) in [5, 5.41) is 0. The lowest BCUT2D eigenvalue weighted by Gasteiger charge is -2.46. The zero-order chi connectivity index (χ0) is 11.6. The molecule has 2 aliphatic rings. The van der Waals surface area contributed by atoms with E-state index in [2.05, 4.69) is 20.8 Å². The summed E-state index contributed by atoms with van der Waals surface area (Å²) >= 11 is 0. The monoisotopic (exact) mass is 226 g/mol. The van der Waals surface area contributed by atoms with E-state index < -0.39 is 0 Å². The van der Waals surface area contributed by atoms with Crippen LogP contribution >= 0.6 is 0 Å². The molecule has 1 heterocycles. The molecule has 1 saturated carbocycles. The van der Waals surface area contributed by atoms with Crippen molar-refractivity contribution in [3.8, 4) is 0 Å². The fourth-order valence-corrected chi connectivity index (χ4v) is 2.85. The highest BCUT2D eigenvalue weighted by atomic mass is 16.7. The molecule has 2 heteroatoms. The molecule has 0 bridgehead atoms. The first-order valence-electron chi connectivity index (χ1n) is 6.81. The summed E-state index contributed by atoms with van der Waals surface area (Å²) in [5.41, 5.74) is 0.509. The molecule has 94 valence electrons. The lowest BCUT2D eigenvalue weighted by Crippen LogP contribution is -2.47. The van der Waals surface area contributed by atoms with E-state index in [1.807, 2.05) is 0 Å². The molecular weight excluding hydrogens is 200 g/mol. The Morgan fingerprint density at radius 2 is 1.56 bits per heavy atom. The lowest BCUT2D eigenvalue weighted by molar-refractivity contribution is -0.274. The van der Waals surface area contributed by atoms with Crippen LogP contribution in [0.5, 0.6) is 0 Å². The molecule has 0 atom stereocenters. The van der Waals surface area contributed by atoms with E-state index in [4.69, 9.17) is 9.47 Å². The van der Waals surface area contributed by atoms with Crippen molar-refractivity contribution in [1.82, 2.24) is 0 Å². The van der Waals surface area contributed by atoms with Gasteiger partial charge in [-0.3, -0.25) is 0 Å². The molecule has 0 spiro atoms. The van der Waals surface area contributed by atoms with Gasteiger partial charge in [0.25, 0.3) is 0 Å². The molecule has 0 N–H and O–H groups in total. The van der Waals surface area contributed by atoms with Crippen molar-refractivity contribution >= 4 is 0 Å². The van der Waals surface area contributed by atoms with Crippen LogP contribution in [0.4, 0.5) is 0 Å². The van der Waals surface area contributed by atoms with Crippen LogP contribution in [0.15, 0.2) is 0 Å². The van der Waals surface area contributed by atoms with Crippen LogP contribution in [0.1, 0.15) is 59.3 Å². The maximum Gasteiger partial charge on any atom is 0.162 e. The third-order valence-corrected chi connectivity index (χ3v) is 4.58. The van der Waals surface area contributed by atoms with Gasteiger partial charge in [-0.05, 0) is 19.3 Å². The van der Waals surface area contributed by atoms with Gasteiger partial charge in [-0.15, -0.1) is 0 Å². The topological polar surface area (TPSA) is 18.5 Å². The molecule has 2 fully saturated rings. The first-order valence-corrected chi connectivity index (χ1v) is 6.81. The van der Waals surface area contributed by atoms with Crippen molar-refractivity contribution in [1.29, 1.82) is 0 Å². The number of hydrogen-bond acceptors (Lipinski definition) is 2. The minimum Gasteiger partial charge on any atom is -0.351 e. The van der Waals surface area contributed by atoms with Gasteiger partial charge in [0.05, 0.1) is 13.2 Å². The fourth-order valence-electron chi connectivity index (χ4n) is 2.85. The van der Waals surface area contributed by atoms with Gasteiger partial charge in [0, 0.05) is 10.8 Å². The third kappa shape index (κ3) is 2.43. The van der Waals surface area contributed by atoms with Crippen LogP contribution in [0.3, 0.4) is 0 Å². The van der Waals surface area contributed by atoms with E-state index in [9.17, 15) is 0 Å². The van der Waals surface area contributed by atoms with Gasteiger partial charge in [0.1, 0.15) is 0 Å². The van der Waals surface area contributed by atoms with Crippen molar-refractivity contribution in [3.63, 3.8) is 0 Å². The normalized spacial score (nSPS) is 39.6. The van der Waals surface area contributed by atoms with Gasteiger partial charge in [-0.1, -0.05) is 40.0 Å². The second kappa shape index (κ2) is 4.66. The third-order valence-electron chi connectivity index (χ3n) is 4.58. The van der Waals surface area contributed by atoms with E-state index in [0.29, 0.717) is 0 Å². The minimum atomic E-state index is 0.0485. The van der Waals surface area contributed by atoms with Gasteiger partial charge in [-0.25, -0.2) is 0 Å². The smallest absolute Gasteiger partial charge is 0.162 e. The predicted molar refractivity (Wildman–Crippen MR) is 65.3 cm³/mol.